The first-order valence-electron chi connectivity index (χ1n) is 5.52. The maximum absolute atomic E-state index is 11.8. The smallest absolute Gasteiger partial charge is 0.266 e. The van der Waals surface area contributed by atoms with Crippen LogP contribution in [0.15, 0.2) is 65.6 Å². The van der Waals surface area contributed by atoms with E-state index in [9.17, 15) is 13.2 Å². The quantitative estimate of drug-likeness (QED) is 0.827. The highest BCUT2D eigenvalue weighted by molar-refractivity contribution is 7.89. The number of carbonyl (C=O) groups excluding carboxylic acids is 1. The molecule has 0 unspecified atom stereocenters. The first-order valence-corrected chi connectivity index (χ1v) is 7.00. The number of sulfonamides is 1. The summed E-state index contributed by atoms with van der Waals surface area (Å²) in [5.74, 6) is -0.514. The van der Waals surface area contributed by atoms with E-state index < -0.39 is 15.9 Å². The summed E-state index contributed by atoms with van der Waals surface area (Å²) in [6, 6.07) is 16.1. The van der Waals surface area contributed by atoms with Gasteiger partial charge in [-0.2, -0.15) is 0 Å². The second-order valence-electron chi connectivity index (χ2n) is 3.74. The van der Waals surface area contributed by atoms with Gasteiger partial charge in [-0.1, -0.05) is 36.4 Å². The molecule has 0 aliphatic rings. The molecular weight excluding hydrogens is 264 g/mol. The van der Waals surface area contributed by atoms with E-state index in [4.69, 9.17) is 0 Å². The number of nitrogens with one attached hydrogen (secondary N) is 2. The SMILES string of the molecule is O=C(NNS(=O)(=O)c1ccccc1)c1ccccc1. The monoisotopic (exact) mass is 276 g/mol. The minimum absolute atomic E-state index is 0.0864. The third-order valence-electron chi connectivity index (χ3n) is 2.39. The Bertz CT molecular complexity index is 655. The third kappa shape index (κ3) is 3.40. The average Bonchev–Trinajstić information content (AvgIpc) is 2.47. The maximum atomic E-state index is 11.8. The van der Waals surface area contributed by atoms with Gasteiger partial charge in [0.1, 0.15) is 0 Å². The van der Waals surface area contributed by atoms with Gasteiger partial charge in [0.05, 0.1) is 4.90 Å². The minimum Gasteiger partial charge on any atom is -0.273 e. The van der Waals surface area contributed by atoms with E-state index in [-0.39, 0.29) is 4.90 Å². The van der Waals surface area contributed by atoms with Crippen LogP contribution in [-0.4, -0.2) is 14.3 Å². The maximum Gasteiger partial charge on any atom is 0.266 e. The standard InChI is InChI=1S/C13H12N2O3S/c16-13(11-7-3-1-4-8-11)14-15-19(17,18)12-9-5-2-6-10-12/h1-10,15H,(H,14,16). The summed E-state index contributed by atoms with van der Waals surface area (Å²) in [6.07, 6.45) is 0. The fourth-order valence-corrected chi connectivity index (χ4v) is 2.29. The molecule has 0 fully saturated rings. The average molecular weight is 276 g/mol. The van der Waals surface area contributed by atoms with Crippen molar-refractivity contribution in [2.45, 2.75) is 4.90 Å². The van der Waals surface area contributed by atoms with Gasteiger partial charge in [-0.05, 0) is 24.3 Å². The molecule has 0 saturated heterocycles. The summed E-state index contributed by atoms with van der Waals surface area (Å²) in [4.78, 5) is 13.8. The van der Waals surface area contributed by atoms with Crippen molar-refractivity contribution in [3.05, 3.63) is 66.2 Å². The van der Waals surface area contributed by atoms with Gasteiger partial charge in [-0.25, -0.2) is 8.42 Å². The molecule has 0 radical (unpaired) electrons. The molecule has 0 heterocycles. The van der Waals surface area contributed by atoms with Gasteiger partial charge in [0, 0.05) is 5.56 Å². The van der Waals surface area contributed by atoms with Crippen LogP contribution < -0.4 is 10.3 Å². The summed E-state index contributed by atoms with van der Waals surface area (Å²) < 4.78 is 23.7. The predicted octanol–water partition coefficient (Wildman–Crippen LogP) is 1.31. The number of benzene rings is 2. The molecular formula is C13H12N2O3S. The molecule has 98 valence electrons. The van der Waals surface area contributed by atoms with Gasteiger partial charge in [-0.3, -0.25) is 10.2 Å². The van der Waals surface area contributed by atoms with E-state index in [0.717, 1.165) is 0 Å². The zero-order valence-corrected chi connectivity index (χ0v) is 10.7. The van der Waals surface area contributed by atoms with Crippen LogP contribution in [0, 0.1) is 0 Å². The van der Waals surface area contributed by atoms with Crippen LogP contribution in [0.4, 0.5) is 0 Å². The number of rotatable bonds is 4. The topological polar surface area (TPSA) is 75.3 Å². The Balaban J connectivity index is 2.05. The van der Waals surface area contributed by atoms with Crippen LogP contribution in [0.1, 0.15) is 10.4 Å². The summed E-state index contributed by atoms with van der Waals surface area (Å²) in [6.45, 7) is 0. The van der Waals surface area contributed by atoms with E-state index in [1.165, 1.54) is 12.1 Å². The van der Waals surface area contributed by atoms with Gasteiger partial charge >= 0.3 is 0 Å². The molecule has 2 N–H and O–H groups in total. The molecule has 2 aromatic carbocycles. The van der Waals surface area contributed by atoms with E-state index in [0.29, 0.717) is 5.56 Å². The molecule has 2 aromatic rings. The summed E-state index contributed by atoms with van der Waals surface area (Å²) in [5, 5.41) is 0. The lowest BCUT2D eigenvalue weighted by molar-refractivity contribution is 0.0945. The van der Waals surface area contributed by atoms with Crippen molar-refractivity contribution in [2.75, 3.05) is 0 Å². The van der Waals surface area contributed by atoms with Crippen LogP contribution in [0.25, 0.3) is 0 Å². The Morgan fingerprint density at radius 2 is 1.37 bits per heavy atom. The number of hydrazine groups is 1. The van der Waals surface area contributed by atoms with Crippen molar-refractivity contribution in [1.29, 1.82) is 0 Å². The highest BCUT2D eigenvalue weighted by Crippen LogP contribution is 2.06. The number of hydrogen-bond acceptors (Lipinski definition) is 3. The molecule has 1 amide bonds. The summed E-state index contributed by atoms with van der Waals surface area (Å²) >= 11 is 0. The van der Waals surface area contributed by atoms with Crippen LogP contribution >= 0.6 is 0 Å². The third-order valence-corrected chi connectivity index (χ3v) is 3.65. The van der Waals surface area contributed by atoms with Crippen molar-refractivity contribution in [3.63, 3.8) is 0 Å². The molecule has 2 rings (SSSR count). The molecule has 0 aliphatic carbocycles. The second-order valence-corrected chi connectivity index (χ2v) is 5.42. The molecule has 0 aromatic heterocycles. The number of carbonyl (C=O) groups is 1. The normalized spacial score (nSPS) is 10.9. The number of amides is 1. The molecule has 0 saturated carbocycles. The van der Waals surface area contributed by atoms with Crippen molar-refractivity contribution < 1.29 is 13.2 Å². The van der Waals surface area contributed by atoms with Crippen molar-refractivity contribution in [3.8, 4) is 0 Å². The largest absolute Gasteiger partial charge is 0.273 e. The fraction of sp³-hybridized carbons (Fsp3) is 0. The molecule has 19 heavy (non-hydrogen) atoms. The van der Waals surface area contributed by atoms with Gasteiger partial charge in [0.2, 0.25) is 0 Å². The Kier molecular flexibility index (Phi) is 3.94. The Hall–Kier alpha value is -2.18. The molecule has 0 bridgehead atoms. The first kappa shape index (κ1) is 13.3. The molecule has 0 atom stereocenters. The highest BCUT2D eigenvalue weighted by Gasteiger charge is 2.14. The van der Waals surface area contributed by atoms with Crippen molar-refractivity contribution in [2.24, 2.45) is 0 Å². The van der Waals surface area contributed by atoms with E-state index in [1.54, 1.807) is 48.5 Å². The first-order chi connectivity index (χ1) is 9.09. The second kappa shape index (κ2) is 5.64. The fourth-order valence-electron chi connectivity index (χ4n) is 1.43. The summed E-state index contributed by atoms with van der Waals surface area (Å²) in [5.41, 5.74) is 2.53. The lowest BCUT2D eigenvalue weighted by Gasteiger charge is -2.08. The lowest BCUT2D eigenvalue weighted by Crippen LogP contribution is -2.41. The van der Waals surface area contributed by atoms with Gasteiger partial charge < -0.3 is 0 Å². The Morgan fingerprint density at radius 3 is 1.95 bits per heavy atom. The van der Waals surface area contributed by atoms with E-state index in [1.807, 2.05) is 4.83 Å². The highest BCUT2D eigenvalue weighted by atomic mass is 32.2. The lowest BCUT2D eigenvalue weighted by atomic mass is 10.2. The minimum atomic E-state index is -3.75. The van der Waals surface area contributed by atoms with Gasteiger partial charge in [-0.15, -0.1) is 4.83 Å². The van der Waals surface area contributed by atoms with E-state index in [2.05, 4.69) is 5.43 Å². The molecule has 0 aliphatic heterocycles. The van der Waals surface area contributed by atoms with Crippen LogP contribution in [-0.2, 0) is 10.0 Å². The molecule has 6 heteroatoms. The Labute approximate surface area is 111 Å². The van der Waals surface area contributed by atoms with Crippen molar-refractivity contribution >= 4 is 15.9 Å². The van der Waals surface area contributed by atoms with Gasteiger partial charge in [0.15, 0.2) is 0 Å². The van der Waals surface area contributed by atoms with Gasteiger partial charge in [0.25, 0.3) is 15.9 Å². The van der Waals surface area contributed by atoms with Crippen molar-refractivity contribution in [1.82, 2.24) is 10.3 Å². The van der Waals surface area contributed by atoms with Crippen LogP contribution in [0.5, 0.6) is 0 Å². The summed E-state index contributed by atoms with van der Waals surface area (Å²) in [7, 11) is -3.75. The molecule has 0 spiro atoms. The molecule has 5 nitrogen and oxygen atoms in total. The number of hydrogen-bond donors (Lipinski definition) is 2. The zero-order chi connectivity index (χ0) is 13.7. The zero-order valence-electron chi connectivity index (χ0n) is 9.91. The predicted molar refractivity (Wildman–Crippen MR) is 70.7 cm³/mol. The van der Waals surface area contributed by atoms with Crippen LogP contribution in [0.3, 0.4) is 0 Å². The van der Waals surface area contributed by atoms with E-state index >= 15 is 0 Å². The Morgan fingerprint density at radius 1 is 0.842 bits per heavy atom. The van der Waals surface area contributed by atoms with Crippen LogP contribution in [0.2, 0.25) is 0 Å².